The summed E-state index contributed by atoms with van der Waals surface area (Å²) < 4.78 is 1.91. The fourth-order valence-corrected chi connectivity index (χ4v) is 3.37. The number of hydrogen-bond donors (Lipinski definition) is 1. The van der Waals surface area contributed by atoms with Crippen LogP contribution >= 0.6 is 0 Å². The Hall–Kier alpha value is -2.31. The van der Waals surface area contributed by atoms with Crippen molar-refractivity contribution in [2.45, 2.75) is 32.0 Å². The molecule has 0 atom stereocenters. The first-order valence-electron chi connectivity index (χ1n) is 8.91. The number of piperidine rings is 1. The first-order chi connectivity index (χ1) is 12.3. The van der Waals surface area contributed by atoms with Crippen molar-refractivity contribution in [2.24, 2.45) is 0 Å². The Bertz CT molecular complexity index is 835. The van der Waals surface area contributed by atoms with Crippen LogP contribution in [0.3, 0.4) is 0 Å². The van der Waals surface area contributed by atoms with Crippen molar-refractivity contribution in [1.82, 2.24) is 30.2 Å². The summed E-state index contributed by atoms with van der Waals surface area (Å²) in [6.45, 7) is 3.85. The Morgan fingerprint density at radius 2 is 2.08 bits per heavy atom. The fourth-order valence-electron chi connectivity index (χ4n) is 3.37. The summed E-state index contributed by atoms with van der Waals surface area (Å²) in [4.78, 5) is 6.74. The van der Waals surface area contributed by atoms with Crippen LogP contribution in [0.15, 0.2) is 42.7 Å². The van der Waals surface area contributed by atoms with Gasteiger partial charge in [0.25, 0.3) is 0 Å². The summed E-state index contributed by atoms with van der Waals surface area (Å²) >= 11 is 0. The predicted octanol–water partition coefficient (Wildman–Crippen LogP) is 2.06. The highest BCUT2D eigenvalue weighted by molar-refractivity contribution is 5.78. The summed E-state index contributed by atoms with van der Waals surface area (Å²) in [5.41, 5.74) is 3.23. The van der Waals surface area contributed by atoms with E-state index >= 15 is 0 Å². The van der Waals surface area contributed by atoms with Crippen molar-refractivity contribution in [3.8, 4) is 0 Å². The Balaban J connectivity index is 1.35. The maximum atomic E-state index is 4.36. The van der Waals surface area contributed by atoms with E-state index in [4.69, 9.17) is 0 Å². The number of benzene rings is 1. The molecule has 0 radical (unpaired) electrons. The van der Waals surface area contributed by atoms with Crippen molar-refractivity contribution >= 4 is 10.9 Å². The van der Waals surface area contributed by atoms with E-state index in [2.05, 4.69) is 56.8 Å². The zero-order valence-corrected chi connectivity index (χ0v) is 14.6. The minimum atomic E-state index is 0.592. The molecule has 0 bridgehead atoms. The molecule has 1 saturated heterocycles. The van der Waals surface area contributed by atoms with Crippen LogP contribution < -0.4 is 5.32 Å². The molecule has 1 aromatic carbocycles. The summed E-state index contributed by atoms with van der Waals surface area (Å²) in [5.74, 6) is 0. The average Bonchev–Trinajstić information content (AvgIpc) is 3.08. The van der Waals surface area contributed by atoms with Crippen LogP contribution in [0.5, 0.6) is 0 Å². The van der Waals surface area contributed by atoms with Gasteiger partial charge in [0, 0.05) is 24.2 Å². The molecule has 3 aromatic rings. The fraction of sp³-hybridized carbons (Fsp3) is 0.421. The molecule has 3 heterocycles. The van der Waals surface area contributed by atoms with Crippen molar-refractivity contribution < 1.29 is 0 Å². The Labute approximate surface area is 147 Å². The van der Waals surface area contributed by atoms with Gasteiger partial charge in [-0.05, 0) is 56.7 Å². The van der Waals surface area contributed by atoms with E-state index < -0.39 is 0 Å². The van der Waals surface area contributed by atoms with Gasteiger partial charge >= 0.3 is 0 Å². The lowest BCUT2D eigenvalue weighted by Crippen LogP contribution is -2.40. The quantitative estimate of drug-likeness (QED) is 0.773. The van der Waals surface area contributed by atoms with Crippen molar-refractivity contribution in [3.05, 3.63) is 54.0 Å². The predicted molar refractivity (Wildman–Crippen MR) is 98.2 cm³/mol. The van der Waals surface area contributed by atoms with Crippen LogP contribution in [0.1, 0.15) is 24.1 Å². The minimum absolute atomic E-state index is 0.592. The monoisotopic (exact) mass is 336 g/mol. The second-order valence-corrected chi connectivity index (χ2v) is 6.90. The van der Waals surface area contributed by atoms with Gasteiger partial charge in [-0.15, -0.1) is 5.10 Å². The van der Waals surface area contributed by atoms with E-state index in [1.807, 2.05) is 23.1 Å². The van der Waals surface area contributed by atoms with Gasteiger partial charge in [-0.2, -0.15) is 0 Å². The molecule has 2 aromatic heterocycles. The third-order valence-corrected chi connectivity index (χ3v) is 4.89. The molecule has 0 saturated carbocycles. The van der Waals surface area contributed by atoms with E-state index in [0.29, 0.717) is 6.04 Å². The molecule has 0 spiro atoms. The molecule has 6 heteroatoms. The van der Waals surface area contributed by atoms with Gasteiger partial charge in [-0.25, -0.2) is 4.68 Å². The number of nitrogens with one attached hydrogen (secondary N) is 1. The van der Waals surface area contributed by atoms with E-state index in [1.165, 1.54) is 31.5 Å². The molecular weight excluding hydrogens is 312 g/mol. The van der Waals surface area contributed by atoms with E-state index in [0.717, 1.165) is 29.7 Å². The molecule has 1 aliphatic heterocycles. The van der Waals surface area contributed by atoms with E-state index in [9.17, 15) is 0 Å². The van der Waals surface area contributed by atoms with Crippen LogP contribution in [0.25, 0.3) is 10.9 Å². The van der Waals surface area contributed by atoms with Crippen LogP contribution in [0.4, 0.5) is 0 Å². The number of fused-ring (bicyclic) bond motifs is 1. The summed E-state index contributed by atoms with van der Waals surface area (Å²) in [5, 5.41) is 13.3. The second kappa shape index (κ2) is 7.29. The number of aromatic nitrogens is 4. The zero-order chi connectivity index (χ0) is 17.1. The minimum Gasteiger partial charge on any atom is -0.308 e. The van der Waals surface area contributed by atoms with Gasteiger partial charge < -0.3 is 10.2 Å². The Kier molecular flexibility index (Phi) is 4.72. The smallest absolute Gasteiger partial charge is 0.0965 e. The average molecular weight is 336 g/mol. The lowest BCUT2D eigenvalue weighted by molar-refractivity contribution is 0.233. The lowest BCUT2D eigenvalue weighted by Gasteiger charge is -2.29. The highest BCUT2D eigenvalue weighted by Crippen LogP contribution is 2.14. The SMILES string of the molecule is CN1CCC(NCc2cn(Cc3ccc4ncccc4c3)nn2)CC1. The highest BCUT2D eigenvalue weighted by atomic mass is 15.4. The molecule has 1 N–H and O–H groups in total. The topological polar surface area (TPSA) is 58.9 Å². The standard InChI is InChI=1S/C19H24N6/c1-24-9-6-17(7-10-24)21-12-18-14-25(23-22-18)13-15-4-5-19-16(11-15)3-2-8-20-19/h2-5,8,11,14,17,21H,6-7,9-10,12-13H2,1H3. The Morgan fingerprint density at radius 3 is 2.96 bits per heavy atom. The van der Waals surface area contributed by atoms with Crippen LogP contribution in [-0.4, -0.2) is 51.1 Å². The summed E-state index contributed by atoms with van der Waals surface area (Å²) in [6, 6.07) is 11.0. The maximum Gasteiger partial charge on any atom is 0.0965 e. The highest BCUT2D eigenvalue weighted by Gasteiger charge is 2.16. The van der Waals surface area contributed by atoms with Gasteiger partial charge in [-0.1, -0.05) is 17.3 Å². The number of rotatable bonds is 5. The molecule has 0 amide bonds. The normalized spacial score (nSPS) is 16.5. The molecular formula is C19H24N6. The van der Waals surface area contributed by atoms with Crippen molar-refractivity contribution in [2.75, 3.05) is 20.1 Å². The first-order valence-corrected chi connectivity index (χ1v) is 8.91. The van der Waals surface area contributed by atoms with E-state index in [-0.39, 0.29) is 0 Å². The zero-order valence-electron chi connectivity index (χ0n) is 14.6. The van der Waals surface area contributed by atoms with Gasteiger partial charge in [0.15, 0.2) is 0 Å². The van der Waals surface area contributed by atoms with Gasteiger partial charge in [0.2, 0.25) is 0 Å². The molecule has 25 heavy (non-hydrogen) atoms. The molecule has 1 fully saturated rings. The van der Waals surface area contributed by atoms with Gasteiger partial charge in [0.1, 0.15) is 0 Å². The summed E-state index contributed by atoms with van der Waals surface area (Å²) in [7, 11) is 2.19. The number of nitrogens with zero attached hydrogens (tertiary/aromatic N) is 5. The number of likely N-dealkylation sites (tertiary alicyclic amines) is 1. The number of pyridine rings is 1. The third kappa shape index (κ3) is 4.03. The third-order valence-electron chi connectivity index (χ3n) is 4.89. The molecule has 0 unspecified atom stereocenters. The Morgan fingerprint density at radius 1 is 1.20 bits per heavy atom. The largest absolute Gasteiger partial charge is 0.308 e. The molecule has 0 aliphatic carbocycles. The van der Waals surface area contributed by atoms with Crippen molar-refractivity contribution in [3.63, 3.8) is 0 Å². The van der Waals surface area contributed by atoms with E-state index in [1.54, 1.807) is 0 Å². The van der Waals surface area contributed by atoms with Crippen LogP contribution in [0.2, 0.25) is 0 Å². The second-order valence-electron chi connectivity index (χ2n) is 6.90. The lowest BCUT2D eigenvalue weighted by atomic mass is 10.1. The molecule has 130 valence electrons. The maximum absolute atomic E-state index is 4.36. The van der Waals surface area contributed by atoms with Gasteiger partial charge in [0.05, 0.1) is 24.0 Å². The molecule has 4 rings (SSSR count). The van der Waals surface area contributed by atoms with Crippen LogP contribution in [-0.2, 0) is 13.1 Å². The molecule has 6 nitrogen and oxygen atoms in total. The number of hydrogen-bond acceptors (Lipinski definition) is 5. The van der Waals surface area contributed by atoms with Crippen molar-refractivity contribution in [1.29, 1.82) is 0 Å². The summed E-state index contributed by atoms with van der Waals surface area (Å²) in [6.07, 6.45) is 6.27. The first kappa shape index (κ1) is 16.2. The van der Waals surface area contributed by atoms with Gasteiger partial charge in [-0.3, -0.25) is 4.98 Å². The molecule has 1 aliphatic rings. The van der Waals surface area contributed by atoms with Crippen LogP contribution in [0, 0.1) is 0 Å².